The van der Waals surface area contributed by atoms with Gasteiger partial charge in [0.1, 0.15) is 17.0 Å². The Morgan fingerprint density at radius 1 is 0.815 bits per heavy atom. The Labute approximate surface area is 155 Å². The summed E-state index contributed by atoms with van der Waals surface area (Å²) in [5.74, 6) is 1.75. The van der Waals surface area contributed by atoms with Crippen molar-refractivity contribution in [2.24, 2.45) is 0 Å². The molecule has 1 amide bonds. The van der Waals surface area contributed by atoms with Gasteiger partial charge in [-0.3, -0.25) is 15.3 Å². The van der Waals surface area contributed by atoms with E-state index in [1.54, 1.807) is 61.1 Å². The Hall–Kier alpha value is -3.93. The van der Waals surface area contributed by atoms with Crippen LogP contribution in [-0.2, 0) is 0 Å². The van der Waals surface area contributed by atoms with Gasteiger partial charge in [0, 0.05) is 29.7 Å². The van der Waals surface area contributed by atoms with E-state index in [2.05, 4.69) is 15.3 Å². The highest BCUT2D eigenvalue weighted by Crippen LogP contribution is 2.24. The van der Waals surface area contributed by atoms with Crippen molar-refractivity contribution >= 4 is 22.7 Å². The second kappa shape index (κ2) is 7.53. The van der Waals surface area contributed by atoms with Crippen LogP contribution in [0.1, 0.15) is 0 Å². The lowest BCUT2D eigenvalue weighted by atomic mass is 10.2. The van der Waals surface area contributed by atoms with E-state index in [4.69, 9.17) is 9.47 Å². The van der Waals surface area contributed by atoms with E-state index in [-0.39, 0.29) is 0 Å². The van der Waals surface area contributed by atoms with Crippen molar-refractivity contribution in [3.05, 3.63) is 85.3 Å². The molecule has 0 saturated carbocycles. The molecule has 1 N–H and O–H groups in total. The Balaban J connectivity index is 1.42. The number of hydrogen-bond donors (Lipinski definition) is 1. The third kappa shape index (κ3) is 4.01. The van der Waals surface area contributed by atoms with Crippen LogP contribution in [0.4, 0.5) is 10.5 Å². The maximum absolute atomic E-state index is 12.2. The second-order valence-corrected chi connectivity index (χ2v) is 5.66. The highest BCUT2D eigenvalue weighted by Gasteiger charge is 2.09. The first-order chi connectivity index (χ1) is 13.3. The number of carbonyl (C=O) groups excluding carboxylic acids is 1. The summed E-state index contributed by atoms with van der Waals surface area (Å²) in [6, 6.07) is 19.7. The third-order valence-electron chi connectivity index (χ3n) is 3.78. The van der Waals surface area contributed by atoms with Crippen LogP contribution in [0.2, 0.25) is 0 Å². The number of rotatable bonds is 4. The first-order valence-electron chi connectivity index (χ1n) is 8.28. The van der Waals surface area contributed by atoms with Crippen molar-refractivity contribution in [1.29, 1.82) is 0 Å². The fraction of sp³-hybridized carbons (Fsp3) is 0. The number of carbonyl (C=O) groups is 1. The summed E-state index contributed by atoms with van der Waals surface area (Å²) in [6.45, 7) is 0. The summed E-state index contributed by atoms with van der Waals surface area (Å²) >= 11 is 0. The molecule has 0 bridgehead atoms. The van der Waals surface area contributed by atoms with Gasteiger partial charge in [-0.15, -0.1) is 0 Å². The molecule has 6 nitrogen and oxygen atoms in total. The number of fused-ring (bicyclic) bond motifs is 1. The van der Waals surface area contributed by atoms with E-state index in [1.165, 1.54) is 0 Å². The molecule has 6 heteroatoms. The molecular formula is C21H15N3O3. The lowest BCUT2D eigenvalue weighted by Crippen LogP contribution is -2.16. The number of nitrogens with one attached hydrogen (secondary N) is 1. The predicted octanol–water partition coefficient (Wildman–Crippen LogP) is 5.03. The normalized spacial score (nSPS) is 10.4. The number of para-hydroxylation sites is 1. The first-order valence-corrected chi connectivity index (χ1v) is 8.28. The Kier molecular flexibility index (Phi) is 4.61. The van der Waals surface area contributed by atoms with Gasteiger partial charge in [0.25, 0.3) is 0 Å². The standard InChI is InChI=1S/C21H15N3O3/c25-21(27-19-5-1-3-15-4-2-12-23-20(15)19)24-16-6-8-17(9-7-16)26-18-10-13-22-14-11-18/h1-14H,(H,24,25). The maximum atomic E-state index is 12.2. The van der Waals surface area contributed by atoms with Crippen LogP contribution in [0.15, 0.2) is 85.3 Å². The molecule has 4 aromatic rings. The topological polar surface area (TPSA) is 73.3 Å². The van der Waals surface area contributed by atoms with E-state index in [0.717, 1.165) is 5.39 Å². The van der Waals surface area contributed by atoms with Crippen LogP contribution in [-0.4, -0.2) is 16.1 Å². The molecular weight excluding hydrogens is 342 g/mol. The molecule has 0 aliphatic rings. The van der Waals surface area contributed by atoms with Gasteiger partial charge in [-0.25, -0.2) is 4.79 Å². The predicted molar refractivity (Wildman–Crippen MR) is 102 cm³/mol. The monoisotopic (exact) mass is 357 g/mol. The number of amides is 1. The van der Waals surface area contributed by atoms with Crippen LogP contribution >= 0.6 is 0 Å². The molecule has 132 valence electrons. The number of pyridine rings is 2. The SMILES string of the molecule is O=C(Nc1ccc(Oc2ccncc2)cc1)Oc1cccc2cccnc12. The van der Waals surface area contributed by atoms with Crippen LogP contribution in [0.3, 0.4) is 0 Å². The maximum Gasteiger partial charge on any atom is 0.417 e. The van der Waals surface area contributed by atoms with Crippen LogP contribution in [0, 0.1) is 0 Å². The van der Waals surface area contributed by atoms with Crippen molar-refractivity contribution in [1.82, 2.24) is 9.97 Å². The lowest BCUT2D eigenvalue weighted by Gasteiger charge is -2.09. The van der Waals surface area contributed by atoms with Crippen molar-refractivity contribution in [2.75, 3.05) is 5.32 Å². The summed E-state index contributed by atoms with van der Waals surface area (Å²) in [7, 11) is 0. The molecule has 0 aliphatic heterocycles. The Bertz CT molecular complexity index is 1060. The summed E-state index contributed by atoms with van der Waals surface area (Å²) in [6.07, 6.45) is 4.39. The van der Waals surface area contributed by atoms with E-state index in [9.17, 15) is 4.79 Å². The number of benzene rings is 2. The highest BCUT2D eigenvalue weighted by atomic mass is 16.6. The third-order valence-corrected chi connectivity index (χ3v) is 3.78. The molecule has 2 heterocycles. The average molecular weight is 357 g/mol. The molecule has 0 atom stereocenters. The Morgan fingerprint density at radius 3 is 2.37 bits per heavy atom. The fourth-order valence-electron chi connectivity index (χ4n) is 2.55. The largest absolute Gasteiger partial charge is 0.457 e. The summed E-state index contributed by atoms with van der Waals surface area (Å²) in [5.41, 5.74) is 1.23. The van der Waals surface area contributed by atoms with Gasteiger partial charge >= 0.3 is 6.09 Å². The van der Waals surface area contributed by atoms with Crippen molar-refractivity contribution in [3.63, 3.8) is 0 Å². The molecule has 4 rings (SSSR count). The molecule has 0 saturated heterocycles. The highest BCUT2D eigenvalue weighted by molar-refractivity contribution is 5.91. The van der Waals surface area contributed by atoms with Crippen LogP contribution in [0.25, 0.3) is 10.9 Å². The molecule has 2 aromatic carbocycles. The van der Waals surface area contributed by atoms with Crippen LogP contribution < -0.4 is 14.8 Å². The van der Waals surface area contributed by atoms with Gasteiger partial charge in [0.15, 0.2) is 5.75 Å². The first kappa shape index (κ1) is 16.5. The number of hydrogen-bond acceptors (Lipinski definition) is 5. The number of nitrogens with zero attached hydrogens (tertiary/aromatic N) is 2. The minimum absolute atomic E-state index is 0.406. The Morgan fingerprint density at radius 2 is 1.56 bits per heavy atom. The van der Waals surface area contributed by atoms with Crippen molar-refractivity contribution in [2.45, 2.75) is 0 Å². The van der Waals surface area contributed by atoms with Gasteiger partial charge in [-0.2, -0.15) is 0 Å². The molecule has 0 unspecified atom stereocenters. The minimum atomic E-state index is -0.587. The number of aromatic nitrogens is 2. The van der Waals surface area contributed by atoms with E-state index in [1.807, 2.05) is 24.3 Å². The van der Waals surface area contributed by atoms with E-state index < -0.39 is 6.09 Å². The summed E-state index contributed by atoms with van der Waals surface area (Å²) in [4.78, 5) is 20.4. The fourth-order valence-corrected chi connectivity index (χ4v) is 2.55. The number of ether oxygens (including phenoxy) is 2. The minimum Gasteiger partial charge on any atom is -0.457 e. The molecule has 2 aromatic heterocycles. The second-order valence-electron chi connectivity index (χ2n) is 5.66. The molecule has 0 spiro atoms. The summed E-state index contributed by atoms with van der Waals surface area (Å²) < 4.78 is 11.1. The summed E-state index contributed by atoms with van der Waals surface area (Å²) in [5, 5.41) is 3.59. The zero-order chi connectivity index (χ0) is 18.5. The number of anilines is 1. The van der Waals surface area contributed by atoms with Gasteiger partial charge in [-0.1, -0.05) is 18.2 Å². The molecule has 0 fully saturated rings. The molecule has 27 heavy (non-hydrogen) atoms. The van der Waals surface area contributed by atoms with Crippen LogP contribution in [0.5, 0.6) is 17.2 Å². The van der Waals surface area contributed by atoms with Gasteiger partial charge in [0.05, 0.1) is 0 Å². The van der Waals surface area contributed by atoms with Gasteiger partial charge < -0.3 is 9.47 Å². The van der Waals surface area contributed by atoms with Gasteiger partial charge in [-0.05, 0) is 48.5 Å². The quantitative estimate of drug-likeness (QED) is 0.554. The molecule has 0 radical (unpaired) electrons. The lowest BCUT2D eigenvalue weighted by molar-refractivity contribution is 0.215. The average Bonchev–Trinajstić information content (AvgIpc) is 2.71. The van der Waals surface area contributed by atoms with Gasteiger partial charge in [0.2, 0.25) is 0 Å². The zero-order valence-corrected chi connectivity index (χ0v) is 14.2. The molecule has 0 aliphatic carbocycles. The van der Waals surface area contributed by atoms with Crippen molar-refractivity contribution in [3.8, 4) is 17.2 Å². The smallest absolute Gasteiger partial charge is 0.417 e. The van der Waals surface area contributed by atoms with E-state index >= 15 is 0 Å². The van der Waals surface area contributed by atoms with E-state index in [0.29, 0.717) is 28.5 Å². The zero-order valence-electron chi connectivity index (χ0n) is 14.2. The van der Waals surface area contributed by atoms with Crippen molar-refractivity contribution < 1.29 is 14.3 Å².